The van der Waals surface area contributed by atoms with Gasteiger partial charge in [-0.15, -0.1) is 0 Å². The largest absolute Gasteiger partial charge is 0.480 e. The predicted molar refractivity (Wildman–Crippen MR) is 62.6 cm³/mol. The van der Waals surface area contributed by atoms with Crippen LogP contribution in [-0.2, 0) is 20.6 Å². The highest BCUT2D eigenvalue weighted by Crippen LogP contribution is 2.24. The molecule has 19 heavy (non-hydrogen) atoms. The molecule has 0 aliphatic carbocycles. The van der Waals surface area contributed by atoms with E-state index in [1.165, 1.54) is 6.07 Å². The second-order valence-electron chi connectivity index (χ2n) is 4.50. The van der Waals surface area contributed by atoms with Gasteiger partial charge in [-0.2, -0.15) is 4.31 Å². The molecule has 1 aromatic heterocycles. The number of aryl methyl sites for hydroxylation is 1. The van der Waals surface area contributed by atoms with E-state index in [1.54, 1.807) is 6.92 Å². The highest BCUT2D eigenvalue weighted by atomic mass is 32.2. The fourth-order valence-corrected chi connectivity index (χ4v) is 3.71. The Morgan fingerprint density at radius 2 is 2.32 bits per heavy atom. The minimum atomic E-state index is -3.86. The van der Waals surface area contributed by atoms with Crippen molar-refractivity contribution in [1.29, 1.82) is 0 Å². The van der Waals surface area contributed by atoms with Gasteiger partial charge < -0.3 is 14.7 Å². The first-order valence-corrected chi connectivity index (χ1v) is 7.23. The summed E-state index contributed by atoms with van der Waals surface area (Å²) in [5.74, 6) is -1.24. The summed E-state index contributed by atoms with van der Waals surface area (Å²) in [6.45, 7) is 1.42. The third kappa shape index (κ3) is 2.94. The molecule has 0 unspecified atom stereocenters. The molecule has 0 spiro atoms. The molecular formula is C10H14N2O6S. The number of aliphatic carboxylic acids is 1. The molecule has 1 saturated heterocycles. The Morgan fingerprint density at radius 3 is 2.84 bits per heavy atom. The molecule has 2 atom stereocenters. The number of aliphatic hydroxyl groups is 1. The second-order valence-corrected chi connectivity index (χ2v) is 6.42. The summed E-state index contributed by atoms with van der Waals surface area (Å²) in [6.07, 6.45) is -1.07. The van der Waals surface area contributed by atoms with E-state index in [1.807, 2.05) is 0 Å². The van der Waals surface area contributed by atoms with Gasteiger partial charge in [0.2, 0.25) is 10.0 Å². The summed E-state index contributed by atoms with van der Waals surface area (Å²) in [5.41, 5.74) is 0.211. The molecule has 1 aliphatic rings. The molecule has 8 nitrogen and oxygen atoms in total. The van der Waals surface area contributed by atoms with Gasteiger partial charge in [0.05, 0.1) is 6.10 Å². The van der Waals surface area contributed by atoms with Crippen molar-refractivity contribution in [2.75, 3.05) is 6.54 Å². The van der Waals surface area contributed by atoms with Crippen LogP contribution in [-0.4, -0.2) is 52.8 Å². The molecule has 0 bridgehead atoms. The standard InChI is InChI=1S/C10H14N2O6S/c1-6-2-7(11-18-6)5-19(16,17)12-4-8(13)3-9(12)10(14)15/h2,8-9,13H,3-5H2,1H3,(H,14,15)/t8-,9+/m1/s1. The number of β-amino-alcohol motifs (C(OH)–C–C–N with tert-alkyl or cyclic N) is 1. The van der Waals surface area contributed by atoms with Crippen molar-refractivity contribution in [3.63, 3.8) is 0 Å². The maximum Gasteiger partial charge on any atom is 0.322 e. The topological polar surface area (TPSA) is 121 Å². The van der Waals surface area contributed by atoms with Gasteiger partial charge in [0.25, 0.3) is 0 Å². The number of aromatic nitrogens is 1. The number of aliphatic hydroxyl groups excluding tert-OH is 1. The van der Waals surface area contributed by atoms with Gasteiger partial charge in [-0.25, -0.2) is 8.42 Å². The average molecular weight is 290 g/mol. The first-order chi connectivity index (χ1) is 8.79. The van der Waals surface area contributed by atoms with Crippen LogP contribution in [0.5, 0.6) is 0 Å². The summed E-state index contributed by atoms with van der Waals surface area (Å²) < 4.78 is 29.9. The van der Waals surface area contributed by atoms with Crippen molar-refractivity contribution in [1.82, 2.24) is 9.46 Å². The molecule has 0 aromatic carbocycles. The molecular weight excluding hydrogens is 276 g/mol. The second kappa shape index (κ2) is 4.91. The minimum absolute atomic E-state index is 0.105. The summed E-state index contributed by atoms with van der Waals surface area (Å²) in [7, 11) is -3.86. The molecule has 2 rings (SSSR count). The van der Waals surface area contributed by atoms with E-state index in [2.05, 4.69) is 5.16 Å². The third-order valence-electron chi connectivity index (χ3n) is 2.88. The lowest BCUT2D eigenvalue weighted by atomic mass is 10.2. The van der Waals surface area contributed by atoms with E-state index in [9.17, 15) is 18.3 Å². The lowest BCUT2D eigenvalue weighted by molar-refractivity contribution is -0.140. The summed E-state index contributed by atoms with van der Waals surface area (Å²) in [5, 5.41) is 22.0. The van der Waals surface area contributed by atoms with E-state index >= 15 is 0 Å². The monoisotopic (exact) mass is 290 g/mol. The summed E-state index contributed by atoms with van der Waals surface area (Å²) in [6, 6.07) is 0.243. The lowest BCUT2D eigenvalue weighted by Crippen LogP contribution is -2.41. The Kier molecular flexibility index (Phi) is 3.61. The summed E-state index contributed by atoms with van der Waals surface area (Å²) in [4.78, 5) is 11.0. The maximum absolute atomic E-state index is 12.1. The van der Waals surface area contributed by atoms with Crippen molar-refractivity contribution in [2.45, 2.75) is 31.2 Å². The zero-order valence-corrected chi connectivity index (χ0v) is 11.0. The zero-order valence-electron chi connectivity index (χ0n) is 10.2. The number of nitrogens with zero attached hydrogens (tertiary/aromatic N) is 2. The molecule has 2 heterocycles. The Labute approximate surface area is 109 Å². The van der Waals surface area contributed by atoms with Gasteiger partial charge >= 0.3 is 5.97 Å². The van der Waals surface area contributed by atoms with E-state index in [0.29, 0.717) is 5.76 Å². The van der Waals surface area contributed by atoms with E-state index < -0.39 is 33.9 Å². The van der Waals surface area contributed by atoms with Gasteiger partial charge in [-0.1, -0.05) is 5.16 Å². The van der Waals surface area contributed by atoms with Gasteiger partial charge in [0.1, 0.15) is 23.2 Å². The molecule has 106 valence electrons. The Morgan fingerprint density at radius 1 is 1.63 bits per heavy atom. The van der Waals surface area contributed by atoms with Crippen LogP contribution in [0, 0.1) is 6.92 Å². The average Bonchev–Trinajstić information content (AvgIpc) is 2.85. The van der Waals surface area contributed by atoms with Gasteiger partial charge in [0, 0.05) is 19.0 Å². The number of sulfonamides is 1. The minimum Gasteiger partial charge on any atom is -0.480 e. The molecule has 0 amide bonds. The molecule has 0 saturated carbocycles. The molecule has 1 fully saturated rings. The smallest absolute Gasteiger partial charge is 0.322 e. The van der Waals surface area contributed by atoms with Gasteiger partial charge in [-0.05, 0) is 6.92 Å². The maximum atomic E-state index is 12.1. The molecule has 1 aromatic rings. The number of carboxylic acid groups (broad SMARTS) is 1. The van der Waals surface area contributed by atoms with Crippen LogP contribution in [0.15, 0.2) is 10.6 Å². The van der Waals surface area contributed by atoms with Gasteiger partial charge in [0.15, 0.2) is 0 Å². The van der Waals surface area contributed by atoms with E-state index in [-0.39, 0.29) is 18.7 Å². The van der Waals surface area contributed by atoms with Crippen molar-refractivity contribution in [3.8, 4) is 0 Å². The highest BCUT2D eigenvalue weighted by molar-refractivity contribution is 7.88. The predicted octanol–water partition coefficient (Wildman–Crippen LogP) is -0.667. The first-order valence-electron chi connectivity index (χ1n) is 5.62. The van der Waals surface area contributed by atoms with Crippen LogP contribution in [0.25, 0.3) is 0 Å². The quantitative estimate of drug-likeness (QED) is 0.754. The molecule has 1 aliphatic heterocycles. The van der Waals surface area contributed by atoms with Crippen LogP contribution >= 0.6 is 0 Å². The fraction of sp³-hybridized carbons (Fsp3) is 0.600. The first kappa shape index (κ1) is 14.0. The summed E-state index contributed by atoms with van der Waals surface area (Å²) >= 11 is 0. The van der Waals surface area contributed by atoms with Gasteiger partial charge in [-0.3, -0.25) is 4.79 Å². The molecule has 2 N–H and O–H groups in total. The normalized spacial score (nSPS) is 24.7. The third-order valence-corrected chi connectivity index (χ3v) is 4.66. The number of hydrogen-bond donors (Lipinski definition) is 2. The van der Waals surface area contributed by atoms with Crippen LogP contribution in [0.1, 0.15) is 17.9 Å². The fourth-order valence-electron chi connectivity index (χ4n) is 2.07. The Hall–Kier alpha value is -1.45. The Bertz CT molecular complexity index is 581. The Balaban J connectivity index is 2.21. The number of carbonyl (C=O) groups is 1. The highest BCUT2D eigenvalue weighted by Gasteiger charge is 2.43. The SMILES string of the molecule is Cc1cc(CS(=O)(=O)N2C[C@H](O)C[C@H]2C(=O)O)no1. The zero-order chi connectivity index (χ0) is 14.2. The van der Waals surface area contributed by atoms with Crippen molar-refractivity contribution in [3.05, 3.63) is 17.5 Å². The van der Waals surface area contributed by atoms with Crippen molar-refractivity contribution in [2.24, 2.45) is 0 Å². The molecule has 9 heteroatoms. The van der Waals surface area contributed by atoms with Crippen LogP contribution < -0.4 is 0 Å². The van der Waals surface area contributed by atoms with Crippen LogP contribution in [0.2, 0.25) is 0 Å². The number of rotatable bonds is 4. The molecule has 0 radical (unpaired) electrons. The van der Waals surface area contributed by atoms with E-state index in [0.717, 1.165) is 4.31 Å². The van der Waals surface area contributed by atoms with Crippen molar-refractivity contribution < 1.29 is 27.9 Å². The van der Waals surface area contributed by atoms with E-state index in [4.69, 9.17) is 9.63 Å². The van der Waals surface area contributed by atoms with Crippen molar-refractivity contribution >= 4 is 16.0 Å². The number of hydrogen-bond acceptors (Lipinski definition) is 6. The lowest BCUT2D eigenvalue weighted by Gasteiger charge is -2.19. The van der Waals surface area contributed by atoms with Crippen LogP contribution in [0.3, 0.4) is 0 Å². The van der Waals surface area contributed by atoms with Crippen LogP contribution in [0.4, 0.5) is 0 Å². The number of carboxylic acids is 1.